The van der Waals surface area contributed by atoms with E-state index in [-0.39, 0.29) is 11.4 Å². The van der Waals surface area contributed by atoms with Crippen molar-refractivity contribution in [1.82, 2.24) is 4.90 Å². The van der Waals surface area contributed by atoms with Crippen LogP contribution in [0.4, 0.5) is 16.2 Å². The molecule has 0 spiro atoms. The van der Waals surface area contributed by atoms with Gasteiger partial charge in [-0.25, -0.2) is 9.59 Å². The fraction of sp³-hybridized carbons (Fsp3) is 0.417. The van der Waals surface area contributed by atoms with E-state index in [1.54, 1.807) is 18.2 Å². The second-order valence-electron chi connectivity index (χ2n) is 8.81. The van der Waals surface area contributed by atoms with Gasteiger partial charge in [-0.3, -0.25) is 9.78 Å². The van der Waals surface area contributed by atoms with E-state index in [1.165, 1.54) is 18.2 Å². The molecule has 0 aromatic heterocycles. The number of amides is 2. The van der Waals surface area contributed by atoms with E-state index in [4.69, 9.17) is 4.89 Å². The lowest BCUT2D eigenvalue weighted by molar-refractivity contribution is -0.211. The van der Waals surface area contributed by atoms with E-state index in [9.17, 15) is 9.59 Å². The Labute approximate surface area is 183 Å². The van der Waals surface area contributed by atoms with Crippen LogP contribution in [0.25, 0.3) is 0 Å². The van der Waals surface area contributed by atoms with Crippen LogP contribution in [0.2, 0.25) is 0 Å². The Kier molecular flexibility index (Phi) is 6.73. The molecule has 2 amide bonds. The molecule has 1 heterocycles. The number of nitrogens with one attached hydrogen (secondary N) is 1. The lowest BCUT2D eigenvalue weighted by atomic mass is 9.85. The SMILES string of the molecule is CC(=O)OOc1ccc(NC(=O)N2CCN(c3ccccc3C(C)(C)C)CC2)cc1C. The number of aryl methyl sites for hydroxylation is 1. The first-order valence-corrected chi connectivity index (χ1v) is 10.5. The highest BCUT2D eigenvalue weighted by Crippen LogP contribution is 2.32. The van der Waals surface area contributed by atoms with Crippen LogP contribution in [-0.2, 0) is 15.1 Å². The summed E-state index contributed by atoms with van der Waals surface area (Å²) in [6.07, 6.45) is 0. The summed E-state index contributed by atoms with van der Waals surface area (Å²) in [7, 11) is 0. The smallest absolute Gasteiger partial charge is 0.352 e. The fourth-order valence-corrected chi connectivity index (χ4v) is 3.66. The van der Waals surface area contributed by atoms with Gasteiger partial charge in [-0.2, -0.15) is 0 Å². The quantitative estimate of drug-likeness (QED) is 0.577. The average Bonchev–Trinajstić information content (AvgIpc) is 2.72. The second-order valence-corrected chi connectivity index (χ2v) is 8.81. The van der Waals surface area contributed by atoms with Crippen molar-refractivity contribution in [2.75, 3.05) is 36.4 Å². The van der Waals surface area contributed by atoms with Crippen LogP contribution >= 0.6 is 0 Å². The number of hydrogen-bond donors (Lipinski definition) is 1. The van der Waals surface area contributed by atoms with Gasteiger partial charge in [0.05, 0.1) is 0 Å². The summed E-state index contributed by atoms with van der Waals surface area (Å²) in [4.78, 5) is 37.4. The first kappa shape index (κ1) is 22.5. The van der Waals surface area contributed by atoms with Crippen LogP contribution in [0.1, 0.15) is 38.8 Å². The molecule has 1 aliphatic rings. The van der Waals surface area contributed by atoms with E-state index in [0.717, 1.165) is 18.7 Å². The molecule has 31 heavy (non-hydrogen) atoms. The van der Waals surface area contributed by atoms with Crippen molar-refractivity contribution in [3.05, 3.63) is 53.6 Å². The third-order valence-electron chi connectivity index (χ3n) is 5.29. The molecule has 0 atom stereocenters. The minimum Gasteiger partial charge on any atom is -0.368 e. The first-order chi connectivity index (χ1) is 14.6. The van der Waals surface area contributed by atoms with Crippen molar-refractivity contribution in [3.8, 4) is 5.75 Å². The molecule has 0 aliphatic carbocycles. The number of nitrogens with zero attached hydrogens (tertiary/aromatic N) is 2. The number of hydrogen-bond acceptors (Lipinski definition) is 5. The van der Waals surface area contributed by atoms with Crippen LogP contribution in [-0.4, -0.2) is 43.1 Å². The maximum absolute atomic E-state index is 12.7. The van der Waals surface area contributed by atoms with Crippen LogP contribution in [0.15, 0.2) is 42.5 Å². The van der Waals surface area contributed by atoms with Crippen LogP contribution in [0, 0.1) is 6.92 Å². The van der Waals surface area contributed by atoms with E-state index >= 15 is 0 Å². The minimum absolute atomic E-state index is 0.0638. The predicted molar refractivity (Wildman–Crippen MR) is 122 cm³/mol. The Balaban J connectivity index is 1.59. The molecule has 7 heteroatoms. The van der Waals surface area contributed by atoms with Crippen LogP contribution < -0.4 is 15.1 Å². The van der Waals surface area contributed by atoms with Gasteiger partial charge < -0.3 is 15.1 Å². The first-order valence-electron chi connectivity index (χ1n) is 10.5. The van der Waals surface area contributed by atoms with Crippen molar-refractivity contribution in [3.63, 3.8) is 0 Å². The Morgan fingerprint density at radius 3 is 2.29 bits per heavy atom. The summed E-state index contributed by atoms with van der Waals surface area (Å²) in [6, 6.07) is 13.5. The molecule has 1 saturated heterocycles. The summed E-state index contributed by atoms with van der Waals surface area (Å²) >= 11 is 0. The zero-order valence-corrected chi connectivity index (χ0v) is 18.9. The summed E-state index contributed by atoms with van der Waals surface area (Å²) in [5.41, 5.74) is 4.04. The number of carbonyl (C=O) groups is 2. The molecule has 3 rings (SSSR count). The molecule has 1 N–H and O–H groups in total. The lowest BCUT2D eigenvalue weighted by Crippen LogP contribution is -2.50. The van der Waals surface area contributed by atoms with E-state index in [0.29, 0.717) is 24.5 Å². The number of carbonyl (C=O) groups excluding carboxylic acids is 2. The molecule has 1 fully saturated rings. The Morgan fingerprint density at radius 2 is 1.68 bits per heavy atom. The van der Waals surface area contributed by atoms with Gasteiger partial charge >= 0.3 is 12.0 Å². The van der Waals surface area contributed by atoms with Crippen molar-refractivity contribution in [2.45, 2.75) is 40.0 Å². The summed E-state index contributed by atoms with van der Waals surface area (Å²) < 4.78 is 0. The van der Waals surface area contributed by atoms with Gasteiger partial charge in [-0.15, -0.1) is 0 Å². The highest BCUT2D eigenvalue weighted by Gasteiger charge is 2.25. The number of para-hydroxylation sites is 1. The Hall–Kier alpha value is -3.22. The third-order valence-corrected chi connectivity index (χ3v) is 5.29. The van der Waals surface area contributed by atoms with Crippen molar-refractivity contribution in [1.29, 1.82) is 0 Å². The molecule has 0 bridgehead atoms. The second kappa shape index (κ2) is 9.29. The van der Waals surface area contributed by atoms with Gasteiger partial charge in [-0.1, -0.05) is 39.0 Å². The summed E-state index contributed by atoms with van der Waals surface area (Å²) in [5.74, 6) is -0.0969. The van der Waals surface area contributed by atoms with Gasteiger partial charge in [0.2, 0.25) is 0 Å². The van der Waals surface area contributed by atoms with Crippen LogP contribution in [0.3, 0.4) is 0 Å². The molecule has 2 aromatic carbocycles. The summed E-state index contributed by atoms with van der Waals surface area (Å²) in [6.45, 7) is 12.6. The van der Waals surface area contributed by atoms with Gasteiger partial charge in [0.15, 0.2) is 5.75 Å². The highest BCUT2D eigenvalue weighted by atomic mass is 17.2. The molecule has 7 nitrogen and oxygen atoms in total. The van der Waals surface area contributed by atoms with Gasteiger partial charge in [0, 0.05) is 44.5 Å². The molecule has 1 aliphatic heterocycles. The topological polar surface area (TPSA) is 71.1 Å². The number of anilines is 2. The van der Waals surface area contributed by atoms with Crippen molar-refractivity contribution in [2.24, 2.45) is 0 Å². The normalized spacial score (nSPS) is 14.2. The van der Waals surface area contributed by atoms with Gasteiger partial charge in [0.25, 0.3) is 0 Å². The molecule has 0 saturated carbocycles. The van der Waals surface area contributed by atoms with Crippen molar-refractivity contribution >= 4 is 23.4 Å². The number of benzene rings is 2. The highest BCUT2D eigenvalue weighted by molar-refractivity contribution is 5.89. The Bertz CT molecular complexity index is 944. The fourth-order valence-electron chi connectivity index (χ4n) is 3.66. The zero-order valence-electron chi connectivity index (χ0n) is 18.9. The average molecular weight is 426 g/mol. The maximum Gasteiger partial charge on any atom is 0.352 e. The molecule has 0 radical (unpaired) electrons. The maximum atomic E-state index is 12.7. The van der Waals surface area contributed by atoms with E-state index in [2.05, 4.69) is 60.1 Å². The van der Waals surface area contributed by atoms with Crippen LogP contribution in [0.5, 0.6) is 5.75 Å². The predicted octanol–water partition coefficient (Wildman–Crippen LogP) is 4.50. The minimum atomic E-state index is -0.527. The largest absolute Gasteiger partial charge is 0.368 e. The molecular formula is C24H31N3O4. The van der Waals surface area contributed by atoms with Crippen molar-refractivity contribution < 1.29 is 19.4 Å². The molecule has 0 unspecified atom stereocenters. The number of urea groups is 1. The Morgan fingerprint density at radius 1 is 1.00 bits per heavy atom. The van der Waals surface area contributed by atoms with Gasteiger partial charge in [0.1, 0.15) is 0 Å². The van der Waals surface area contributed by atoms with E-state index < -0.39 is 5.97 Å². The van der Waals surface area contributed by atoms with Gasteiger partial charge in [-0.05, 0) is 47.7 Å². The summed E-state index contributed by atoms with van der Waals surface area (Å²) in [5, 5.41) is 2.94. The lowest BCUT2D eigenvalue weighted by Gasteiger charge is -2.38. The van der Waals surface area contributed by atoms with E-state index in [1.807, 2.05) is 11.8 Å². The number of piperazine rings is 1. The molecule has 166 valence electrons. The zero-order chi connectivity index (χ0) is 22.6. The standard InChI is InChI=1S/C24H31N3O4/c1-17-16-19(10-11-22(17)31-30-18(2)28)25-23(29)27-14-12-26(13-15-27)21-9-7-6-8-20(21)24(3,4)5/h6-11,16H,12-15H2,1-5H3,(H,25,29). The molecular weight excluding hydrogens is 394 g/mol. The monoisotopic (exact) mass is 425 g/mol. The number of rotatable bonds is 4. The molecule has 2 aromatic rings. The third kappa shape index (κ3) is 5.69.